The molecule has 3 N–H and O–H groups in total. The molecule has 0 aliphatic heterocycles. The van der Waals surface area contributed by atoms with Gasteiger partial charge in [0.15, 0.2) is 0 Å². The maximum Gasteiger partial charge on any atom is 0.0650 e. The normalized spacial score (nSPS) is 10.4. The molecule has 4 nitrogen and oxygen atoms in total. The smallest absolute Gasteiger partial charge is 0.0650 e. The zero-order valence-corrected chi connectivity index (χ0v) is 9.67. The molecule has 0 aliphatic carbocycles. The monoisotopic (exact) mass is 236 g/mol. The lowest BCUT2D eigenvalue weighted by molar-refractivity contribution is 1.10. The second-order valence-electron chi connectivity index (χ2n) is 4.06. The van der Waals surface area contributed by atoms with Crippen LogP contribution in [0.1, 0.15) is 0 Å². The Kier molecular flexibility index (Phi) is 2.53. The molecule has 0 spiro atoms. The molecule has 0 radical (unpaired) electrons. The minimum absolute atomic E-state index is 0.666. The standard InChI is InChI=1S/C14H12N4/c15-13-7-12(8-16-9-13)10-2-1-3-11(6-10)14-4-5-17-18-14/h1-9H,15H2,(H,17,18). The van der Waals surface area contributed by atoms with Gasteiger partial charge in [0.1, 0.15) is 0 Å². The van der Waals surface area contributed by atoms with Crippen LogP contribution in [-0.4, -0.2) is 15.2 Å². The van der Waals surface area contributed by atoms with E-state index in [0.29, 0.717) is 5.69 Å². The summed E-state index contributed by atoms with van der Waals surface area (Å²) in [7, 11) is 0. The largest absolute Gasteiger partial charge is 0.397 e. The van der Waals surface area contributed by atoms with Gasteiger partial charge in [-0.3, -0.25) is 10.1 Å². The van der Waals surface area contributed by atoms with Crippen molar-refractivity contribution in [3.8, 4) is 22.4 Å². The third-order valence-corrected chi connectivity index (χ3v) is 2.77. The van der Waals surface area contributed by atoms with E-state index in [4.69, 9.17) is 5.73 Å². The highest BCUT2D eigenvalue weighted by Crippen LogP contribution is 2.25. The van der Waals surface area contributed by atoms with Crippen molar-refractivity contribution in [2.45, 2.75) is 0 Å². The van der Waals surface area contributed by atoms with Crippen molar-refractivity contribution in [1.82, 2.24) is 15.2 Å². The lowest BCUT2D eigenvalue weighted by Gasteiger charge is -2.04. The molecule has 88 valence electrons. The summed E-state index contributed by atoms with van der Waals surface area (Å²) in [5.41, 5.74) is 10.6. The van der Waals surface area contributed by atoms with E-state index in [2.05, 4.69) is 21.2 Å². The molecule has 4 heteroatoms. The Morgan fingerprint density at radius 3 is 2.61 bits per heavy atom. The first kappa shape index (κ1) is 10.5. The van der Waals surface area contributed by atoms with Crippen LogP contribution in [0.4, 0.5) is 5.69 Å². The molecule has 1 aromatic carbocycles. The summed E-state index contributed by atoms with van der Waals surface area (Å²) >= 11 is 0. The molecule has 0 saturated heterocycles. The zero-order valence-electron chi connectivity index (χ0n) is 9.67. The van der Waals surface area contributed by atoms with Gasteiger partial charge in [0, 0.05) is 29.7 Å². The summed E-state index contributed by atoms with van der Waals surface area (Å²) in [6.07, 6.45) is 5.19. The van der Waals surface area contributed by atoms with Gasteiger partial charge in [-0.2, -0.15) is 5.10 Å². The summed E-state index contributed by atoms with van der Waals surface area (Å²) < 4.78 is 0. The maximum absolute atomic E-state index is 5.75. The average Bonchev–Trinajstić information content (AvgIpc) is 2.93. The van der Waals surface area contributed by atoms with Crippen LogP contribution in [0, 0.1) is 0 Å². The highest BCUT2D eigenvalue weighted by Gasteiger charge is 2.03. The molecule has 0 saturated carbocycles. The van der Waals surface area contributed by atoms with E-state index in [-0.39, 0.29) is 0 Å². The second-order valence-corrected chi connectivity index (χ2v) is 4.06. The number of nitrogens with two attached hydrogens (primary N) is 1. The highest BCUT2D eigenvalue weighted by molar-refractivity contribution is 5.72. The number of nitrogens with one attached hydrogen (secondary N) is 1. The Bertz CT molecular complexity index is 659. The van der Waals surface area contributed by atoms with Crippen LogP contribution in [-0.2, 0) is 0 Å². The molecule has 2 aromatic heterocycles. The molecule has 2 heterocycles. The van der Waals surface area contributed by atoms with E-state index >= 15 is 0 Å². The first-order chi connectivity index (χ1) is 8.83. The summed E-state index contributed by atoms with van der Waals surface area (Å²) in [6.45, 7) is 0. The van der Waals surface area contributed by atoms with Crippen LogP contribution in [0.15, 0.2) is 55.0 Å². The van der Waals surface area contributed by atoms with Gasteiger partial charge < -0.3 is 5.73 Å². The van der Waals surface area contributed by atoms with Crippen LogP contribution in [0.25, 0.3) is 22.4 Å². The third-order valence-electron chi connectivity index (χ3n) is 2.77. The Labute approximate surface area is 105 Å². The number of aromatic amines is 1. The quantitative estimate of drug-likeness (QED) is 0.718. The van der Waals surface area contributed by atoms with Gasteiger partial charge in [-0.25, -0.2) is 0 Å². The van der Waals surface area contributed by atoms with Crippen molar-refractivity contribution < 1.29 is 0 Å². The predicted molar refractivity (Wildman–Crippen MR) is 71.7 cm³/mol. The summed E-state index contributed by atoms with van der Waals surface area (Å²) in [5, 5.41) is 6.91. The van der Waals surface area contributed by atoms with Crippen LogP contribution in [0.5, 0.6) is 0 Å². The molecule has 0 fully saturated rings. The van der Waals surface area contributed by atoms with E-state index in [9.17, 15) is 0 Å². The molecule has 3 rings (SSSR count). The van der Waals surface area contributed by atoms with Gasteiger partial charge in [0.2, 0.25) is 0 Å². The number of nitrogens with zero attached hydrogens (tertiary/aromatic N) is 2. The second kappa shape index (κ2) is 4.33. The first-order valence-corrected chi connectivity index (χ1v) is 5.63. The Morgan fingerprint density at radius 2 is 1.83 bits per heavy atom. The van der Waals surface area contributed by atoms with Gasteiger partial charge in [-0.1, -0.05) is 18.2 Å². The Morgan fingerprint density at radius 1 is 0.944 bits per heavy atom. The summed E-state index contributed by atoms with van der Waals surface area (Å²) in [6, 6.07) is 12.0. The minimum Gasteiger partial charge on any atom is -0.397 e. The van der Waals surface area contributed by atoms with Crippen LogP contribution >= 0.6 is 0 Å². The number of rotatable bonds is 2. The van der Waals surface area contributed by atoms with Crippen molar-refractivity contribution in [3.05, 3.63) is 55.0 Å². The molecule has 0 unspecified atom stereocenters. The number of H-pyrrole nitrogens is 1. The molecule has 0 bridgehead atoms. The molecule has 3 aromatic rings. The van der Waals surface area contributed by atoms with Crippen molar-refractivity contribution >= 4 is 5.69 Å². The van der Waals surface area contributed by atoms with E-state index in [1.165, 1.54) is 0 Å². The van der Waals surface area contributed by atoms with Gasteiger partial charge >= 0.3 is 0 Å². The topological polar surface area (TPSA) is 67.6 Å². The van der Waals surface area contributed by atoms with E-state index in [1.54, 1.807) is 12.4 Å². The van der Waals surface area contributed by atoms with Crippen LogP contribution in [0.2, 0.25) is 0 Å². The lowest BCUT2D eigenvalue weighted by atomic mass is 10.0. The number of hydrogen-bond donors (Lipinski definition) is 2. The maximum atomic E-state index is 5.75. The summed E-state index contributed by atoms with van der Waals surface area (Å²) in [5.74, 6) is 0. The fraction of sp³-hybridized carbons (Fsp3) is 0. The van der Waals surface area contributed by atoms with Gasteiger partial charge in [0.05, 0.1) is 11.4 Å². The Hall–Kier alpha value is -2.62. The summed E-state index contributed by atoms with van der Waals surface area (Å²) in [4.78, 5) is 4.11. The van der Waals surface area contributed by atoms with Crippen molar-refractivity contribution in [1.29, 1.82) is 0 Å². The van der Waals surface area contributed by atoms with Crippen molar-refractivity contribution in [2.24, 2.45) is 0 Å². The van der Waals surface area contributed by atoms with Crippen molar-refractivity contribution in [2.75, 3.05) is 5.73 Å². The number of pyridine rings is 1. The number of anilines is 1. The molecule has 0 amide bonds. The predicted octanol–water partition coefficient (Wildman–Crippen LogP) is 2.72. The van der Waals surface area contributed by atoms with E-state index < -0.39 is 0 Å². The van der Waals surface area contributed by atoms with E-state index in [1.807, 2.05) is 36.5 Å². The number of benzene rings is 1. The number of hydrogen-bond acceptors (Lipinski definition) is 3. The van der Waals surface area contributed by atoms with Gasteiger partial charge in [-0.15, -0.1) is 0 Å². The minimum atomic E-state index is 0.666. The van der Waals surface area contributed by atoms with Crippen LogP contribution < -0.4 is 5.73 Å². The number of nitrogen functional groups attached to an aromatic ring is 1. The number of aromatic nitrogens is 3. The molecule has 0 aliphatic rings. The fourth-order valence-corrected chi connectivity index (χ4v) is 1.90. The zero-order chi connectivity index (χ0) is 12.4. The fourth-order valence-electron chi connectivity index (χ4n) is 1.90. The SMILES string of the molecule is Nc1cncc(-c2cccc(-c3ccn[nH]3)c2)c1. The van der Waals surface area contributed by atoms with Crippen molar-refractivity contribution in [3.63, 3.8) is 0 Å². The van der Waals surface area contributed by atoms with E-state index in [0.717, 1.165) is 22.4 Å². The Balaban J connectivity index is 2.06. The molecular formula is C14H12N4. The molecule has 18 heavy (non-hydrogen) atoms. The molecular weight excluding hydrogens is 224 g/mol. The van der Waals surface area contributed by atoms with Gasteiger partial charge in [0.25, 0.3) is 0 Å². The third kappa shape index (κ3) is 1.96. The first-order valence-electron chi connectivity index (χ1n) is 5.63. The average molecular weight is 236 g/mol. The lowest BCUT2D eigenvalue weighted by Crippen LogP contribution is -1.88. The molecule has 0 atom stereocenters. The van der Waals surface area contributed by atoms with Gasteiger partial charge in [-0.05, 0) is 23.8 Å². The highest BCUT2D eigenvalue weighted by atomic mass is 15.1. The van der Waals surface area contributed by atoms with Crippen LogP contribution in [0.3, 0.4) is 0 Å².